The Balaban J connectivity index is 2.12. The van der Waals surface area contributed by atoms with Crippen LogP contribution < -0.4 is 10.5 Å². The van der Waals surface area contributed by atoms with Crippen LogP contribution in [0.3, 0.4) is 0 Å². The minimum atomic E-state index is -3.63. The van der Waals surface area contributed by atoms with E-state index in [9.17, 15) is 8.42 Å². The van der Waals surface area contributed by atoms with E-state index in [4.69, 9.17) is 5.73 Å². The fraction of sp³-hybridized carbons (Fsp3) is 0.182. The number of benzene rings is 1. The van der Waals surface area contributed by atoms with E-state index in [-0.39, 0.29) is 18.1 Å². The number of rotatable bonds is 5. The van der Waals surface area contributed by atoms with Crippen LogP contribution in [0.25, 0.3) is 0 Å². The van der Waals surface area contributed by atoms with E-state index in [1.165, 1.54) is 6.20 Å². The van der Waals surface area contributed by atoms with E-state index in [0.29, 0.717) is 5.56 Å². The van der Waals surface area contributed by atoms with Crippen molar-refractivity contribution in [1.29, 1.82) is 0 Å². The van der Waals surface area contributed by atoms with E-state index in [0.717, 1.165) is 10.0 Å². The molecule has 0 saturated carbocycles. The third-order valence-electron chi connectivity index (χ3n) is 2.55. The first-order valence-corrected chi connectivity index (χ1v) is 7.77. The summed E-state index contributed by atoms with van der Waals surface area (Å²) in [5.74, 6) is 0. The highest BCUT2D eigenvalue weighted by atomic mass is 79.9. The summed E-state index contributed by atoms with van der Waals surface area (Å²) < 4.78 is 27.6. The van der Waals surface area contributed by atoms with Gasteiger partial charge in [0.05, 0.1) is 6.20 Å². The van der Waals surface area contributed by atoms with Gasteiger partial charge in [0.25, 0.3) is 10.0 Å². The van der Waals surface area contributed by atoms with E-state index in [1.54, 1.807) is 0 Å². The van der Waals surface area contributed by atoms with Crippen molar-refractivity contribution in [2.75, 3.05) is 0 Å². The van der Waals surface area contributed by atoms with Crippen molar-refractivity contribution in [3.63, 3.8) is 0 Å². The van der Waals surface area contributed by atoms with Crippen LogP contribution in [0.1, 0.15) is 11.1 Å². The zero-order valence-corrected chi connectivity index (χ0v) is 12.3. The molecule has 2 aromatic rings. The maximum atomic E-state index is 12.1. The molecule has 0 amide bonds. The molecular formula is C11H13BrN4O2S. The van der Waals surface area contributed by atoms with Gasteiger partial charge >= 0.3 is 0 Å². The number of hydrogen-bond donors (Lipinski definition) is 3. The second-order valence-electron chi connectivity index (χ2n) is 3.88. The fourth-order valence-electron chi connectivity index (χ4n) is 1.53. The van der Waals surface area contributed by atoms with Gasteiger partial charge in [-0.2, -0.15) is 5.10 Å². The lowest BCUT2D eigenvalue weighted by atomic mass is 10.2. The number of sulfonamides is 1. The number of nitrogens with one attached hydrogen (secondary N) is 2. The second-order valence-corrected chi connectivity index (χ2v) is 6.50. The molecule has 6 nitrogen and oxygen atoms in total. The van der Waals surface area contributed by atoms with Crippen molar-refractivity contribution >= 4 is 26.0 Å². The molecule has 8 heteroatoms. The molecule has 102 valence electrons. The van der Waals surface area contributed by atoms with E-state index in [1.807, 2.05) is 24.3 Å². The van der Waals surface area contributed by atoms with Gasteiger partial charge in [-0.1, -0.05) is 28.1 Å². The Labute approximate surface area is 119 Å². The minimum Gasteiger partial charge on any atom is -0.326 e. The number of nitrogens with zero attached hydrogens (tertiary/aromatic N) is 1. The van der Waals surface area contributed by atoms with Crippen LogP contribution in [0.15, 0.2) is 40.0 Å². The normalized spacial score (nSPS) is 11.7. The number of nitrogens with two attached hydrogens (primary N) is 1. The van der Waals surface area contributed by atoms with Crippen LogP contribution >= 0.6 is 15.9 Å². The largest absolute Gasteiger partial charge is 0.326 e. The number of H-pyrrole nitrogens is 1. The Morgan fingerprint density at radius 3 is 2.63 bits per heavy atom. The Hall–Kier alpha value is -1.22. The zero-order valence-electron chi connectivity index (χ0n) is 9.93. The third kappa shape index (κ3) is 3.41. The van der Waals surface area contributed by atoms with Gasteiger partial charge in [-0.05, 0) is 17.7 Å². The van der Waals surface area contributed by atoms with Crippen molar-refractivity contribution in [2.24, 2.45) is 5.73 Å². The summed E-state index contributed by atoms with van der Waals surface area (Å²) >= 11 is 3.32. The molecule has 2 rings (SSSR count). The predicted octanol–water partition coefficient (Wildman–Crippen LogP) is 1.11. The maximum absolute atomic E-state index is 12.1. The van der Waals surface area contributed by atoms with E-state index >= 15 is 0 Å². The smallest absolute Gasteiger partial charge is 0.258 e. The molecule has 0 spiro atoms. The van der Waals surface area contributed by atoms with Gasteiger partial charge in [0.2, 0.25) is 0 Å². The standard InChI is InChI=1S/C11H13BrN4O2S/c12-10-3-1-8(2-4-10)6-15-19(17,18)11-9(5-13)7-14-16-11/h1-4,7,15H,5-6,13H2,(H,14,16). The van der Waals surface area contributed by atoms with E-state index < -0.39 is 10.0 Å². The Morgan fingerprint density at radius 1 is 1.32 bits per heavy atom. The monoisotopic (exact) mass is 344 g/mol. The molecule has 0 unspecified atom stereocenters. The van der Waals surface area contributed by atoms with E-state index in [2.05, 4.69) is 30.8 Å². The summed E-state index contributed by atoms with van der Waals surface area (Å²) in [6, 6.07) is 7.38. The molecule has 0 fully saturated rings. The molecule has 0 aliphatic heterocycles. The molecule has 0 saturated heterocycles. The molecule has 1 aromatic carbocycles. The van der Waals surface area contributed by atoms with Crippen molar-refractivity contribution in [3.8, 4) is 0 Å². The van der Waals surface area contributed by atoms with Gasteiger partial charge < -0.3 is 5.73 Å². The van der Waals surface area contributed by atoms with Crippen molar-refractivity contribution in [2.45, 2.75) is 18.1 Å². The summed E-state index contributed by atoms with van der Waals surface area (Å²) in [5, 5.41) is 6.17. The summed E-state index contributed by atoms with van der Waals surface area (Å²) in [6.07, 6.45) is 1.41. The lowest BCUT2D eigenvalue weighted by molar-refractivity contribution is 0.575. The molecule has 4 N–H and O–H groups in total. The molecule has 0 radical (unpaired) electrons. The van der Waals surface area contributed by atoms with Crippen LogP contribution in [0.2, 0.25) is 0 Å². The first kappa shape index (κ1) is 14.2. The van der Waals surface area contributed by atoms with Gasteiger partial charge in [0.15, 0.2) is 5.03 Å². The van der Waals surface area contributed by atoms with Gasteiger partial charge in [0, 0.05) is 23.1 Å². The topological polar surface area (TPSA) is 101 Å². The molecule has 0 atom stereocenters. The number of aromatic amines is 1. The SMILES string of the molecule is NCc1cn[nH]c1S(=O)(=O)NCc1ccc(Br)cc1. The summed E-state index contributed by atoms with van der Waals surface area (Å²) in [4.78, 5) is 0. The van der Waals surface area contributed by atoms with Crippen LogP contribution in [0, 0.1) is 0 Å². The third-order valence-corrected chi connectivity index (χ3v) is 4.49. The zero-order chi connectivity index (χ0) is 13.9. The highest BCUT2D eigenvalue weighted by Gasteiger charge is 2.19. The molecular weight excluding hydrogens is 332 g/mol. The van der Waals surface area contributed by atoms with Crippen LogP contribution in [0.4, 0.5) is 0 Å². The summed E-state index contributed by atoms with van der Waals surface area (Å²) in [5.41, 5.74) is 6.78. The number of hydrogen-bond acceptors (Lipinski definition) is 4. The molecule has 0 aliphatic carbocycles. The molecule has 19 heavy (non-hydrogen) atoms. The van der Waals surface area contributed by atoms with Gasteiger partial charge in [-0.3, -0.25) is 5.10 Å². The average molecular weight is 345 g/mol. The Morgan fingerprint density at radius 2 is 2.00 bits per heavy atom. The maximum Gasteiger partial charge on any atom is 0.258 e. The van der Waals surface area contributed by atoms with Gasteiger partial charge in [-0.15, -0.1) is 0 Å². The first-order chi connectivity index (χ1) is 9.03. The fourth-order valence-corrected chi connectivity index (χ4v) is 2.95. The summed E-state index contributed by atoms with van der Waals surface area (Å²) in [7, 11) is -3.63. The van der Waals surface area contributed by atoms with Crippen LogP contribution in [-0.4, -0.2) is 18.6 Å². The van der Waals surface area contributed by atoms with Gasteiger partial charge in [0.1, 0.15) is 0 Å². The lowest BCUT2D eigenvalue weighted by Crippen LogP contribution is -2.25. The van der Waals surface area contributed by atoms with Crippen molar-refractivity contribution < 1.29 is 8.42 Å². The second kappa shape index (κ2) is 5.83. The Kier molecular flexibility index (Phi) is 4.35. The van der Waals surface area contributed by atoms with Crippen LogP contribution in [-0.2, 0) is 23.1 Å². The lowest BCUT2D eigenvalue weighted by Gasteiger charge is -2.06. The highest BCUT2D eigenvalue weighted by Crippen LogP contribution is 2.13. The van der Waals surface area contributed by atoms with Crippen molar-refractivity contribution in [1.82, 2.24) is 14.9 Å². The molecule has 1 aromatic heterocycles. The van der Waals surface area contributed by atoms with Gasteiger partial charge in [-0.25, -0.2) is 13.1 Å². The highest BCUT2D eigenvalue weighted by molar-refractivity contribution is 9.10. The minimum absolute atomic E-state index is 0.0205. The van der Waals surface area contributed by atoms with Crippen molar-refractivity contribution in [3.05, 3.63) is 46.1 Å². The van der Waals surface area contributed by atoms with Crippen LogP contribution in [0.5, 0.6) is 0 Å². The number of halogens is 1. The predicted molar refractivity (Wildman–Crippen MR) is 74.6 cm³/mol. The quantitative estimate of drug-likeness (QED) is 0.756. The first-order valence-electron chi connectivity index (χ1n) is 5.49. The molecule has 0 bridgehead atoms. The molecule has 1 heterocycles. The Bertz CT molecular complexity index is 652. The summed E-state index contributed by atoms with van der Waals surface area (Å²) in [6.45, 7) is 0.323. The average Bonchev–Trinajstić information content (AvgIpc) is 2.87. The molecule has 0 aliphatic rings. The number of aromatic nitrogens is 2.